The summed E-state index contributed by atoms with van der Waals surface area (Å²) in [4.78, 5) is 2.41. The van der Waals surface area contributed by atoms with E-state index in [1.165, 1.54) is 49.4 Å². The van der Waals surface area contributed by atoms with Gasteiger partial charge in [-0.3, -0.25) is 0 Å². The van der Waals surface area contributed by atoms with Crippen LogP contribution in [0.1, 0.15) is 30.5 Å². The van der Waals surface area contributed by atoms with Crippen molar-refractivity contribution in [3.63, 3.8) is 0 Å². The molecule has 2 heteroatoms. The molecule has 0 unspecified atom stereocenters. The summed E-state index contributed by atoms with van der Waals surface area (Å²) in [5.41, 5.74) is 11.6. The van der Waals surface area contributed by atoms with Gasteiger partial charge in [-0.05, 0) is 75.7 Å². The molecule has 1 heterocycles. The minimum atomic E-state index is -0.186. The molecule has 1 aliphatic carbocycles. The number of hydrogen-bond acceptors (Lipinski definition) is 2. The Hall–Kier alpha value is -5.34. The van der Waals surface area contributed by atoms with Crippen LogP contribution in [0.25, 0.3) is 54.6 Å². The first-order valence-electron chi connectivity index (χ1n) is 15.4. The van der Waals surface area contributed by atoms with Gasteiger partial charge >= 0.3 is 0 Å². The standard InChI is InChI=1S/C42H31NO/c1-26-19-22-28(23-20-26)43(36-17-10-16-33-31-14-8-9-18-38(31)44-41(33)36)37-25-35-39(32-15-7-6-13-30(32)37)34-24-21-27-11-4-5-12-29(27)40(34)42(35,2)3/h4-25H,1-3H3. The monoisotopic (exact) mass is 565 g/mol. The van der Waals surface area contributed by atoms with E-state index in [4.69, 9.17) is 4.42 Å². The zero-order valence-electron chi connectivity index (χ0n) is 25.1. The molecular weight excluding hydrogens is 534 g/mol. The van der Waals surface area contributed by atoms with Gasteiger partial charge < -0.3 is 9.32 Å². The number of furan rings is 1. The van der Waals surface area contributed by atoms with Crippen LogP contribution < -0.4 is 4.90 Å². The van der Waals surface area contributed by atoms with E-state index in [1.807, 2.05) is 6.07 Å². The molecular formula is C42H31NO. The van der Waals surface area contributed by atoms with E-state index in [-0.39, 0.29) is 5.41 Å². The van der Waals surface area contributed by atoms with Crippen molar-refractivity contribution >= 4 is 60.5 Å². The third-order valence-electron chi connectivity index (χ3n) is 9.68. The number of aryl methyl sites for hydroxylation is 1. The van der Waals surface area contributed by atoms with Gasteiger partial charge in [-0.15, -0.1) is 0 Å². The topological polar surface area (TPSA) is 16.4 Å². The maximum absolute atomic E-state index is 6.63. The molecule has 2 nitrogen and oxygen atoms in total. The number of rotatable bonds is 3. The molecule has 0 bridgehead atoms. The summed E-state index contributed by atoms with van der Waals surface area (Å²) in [6.07, 6.45) is 0. The van der Waals surface area contributed by atoms with Crippen molar-refractivity contribution in [3.05, 3.63) is 150 Å². The van der Waals surface area contributed by atoms with Crippen molar-refractivity contribution in [1.82, 2.24) is 0 Å². The van der Waals surface area contributed by atoms with Gasteiger partial charge in [0.1, 0.15) is 5.58 Å². The maximum Gasteiger partial charge on any atom is 0.159 e. The van der Waals surface area contributed by atoms with E-state index in [0.29, 0.717) is 0 Å². The highest BCUT2D eigenvalue weighted by Crippen LogP contribution is 2.56. The van der Waals surface area contributed by atoms with Gasteiger partial charge in [0, 0.05) is 27.3 Å². The Labute approximate surface area is 256 Å². The normalized spacial score (nSPS) is 13.5. The first kappa shape index (κ1) is 25.2. The first-order chi connectivity index (χ1) is 21.5. The molecule has 44 heavy (non-hydrogen) atoms. The summed E-state index contributed by atoms with van der Waals surface area (Å²) in [7, 11) is 0. The molecule has 0 saturated heterocycles. The molecule has 0 fully saturated rings. The lowest BCUT2D eigenvalue weighted by Gasteiger charge is -2.30. The SMILES string of the molecule is Cc1ccc(N(c2cc3c(c4ccccc24)-c2ccc4ccccc4c2C3(C)C)c2cccc3c2oc2ccccc23)cc1. The highest BCUT2D eigenvalue weighted by Gasteiger charge is 2.39. The number of benzene rings is 7. The summed E-state index contributed by atoms with van der Waals surface area (Å²) >= 11 is 0. The number of fused-ring (bicyclic) bond motifs is 10. The van der Waals surface area contributed by atoms with Crippen molar-refractivity contribution in [3.8, 4) is 11.1 Å². The minimum Gasteiger partial charge on any atom is -0.454 e. The van der Waals surface area contributed by atoms with E-state index in [1.54, 1.807) is 0 Å². The van der Waals surface area contributed by atoms with Gasteiger partial charge in [0.15, 0.2) is 5.58 Å². The van der Waals surface area contributed by atoms with Crippen LogP contribution in [-0.2, 0) is 5.41 Å². The first-order valence-corrected chi connectivity index (χ1v) is 15.4. The number of para-hydroxylation sites is 2. The van der Waals surface area contributed by atoms with Crippen LogP contribution in [0, 0.1) is 6.92 Å². The zero-order chi connectivity index (χ0) is 29.6. The number of hydrogen-bond donors (Lipinski definition) is 0. The van der Waals surface area contributed by atoms with Gasteiger partial charge in [-0.25, -0.2) is 0 Å². The molecule has 0 amide bonds. The predicted octanol–water partition coefficient (Wildman–Crippen LogP) is 12.0. The molecule has 210 valence electrons. The summed E-state index contributed by atoms with van der Waals surface area (Å²) in [6, 6.07) is 48.5. The van der Waals surface area contributed by atoms with Crippen LogP contribution in [0.15, 0.2) is 138 Å². The molecule has 0 radical (unpaired) electrons. The van der Waals surface area contributed by atoms with Crippen molar-refractivity contribution in [1.29, 1.82) is 0 Å². The van der Waals surface area contributed by atoms with Gasteiger partial charge in [-0.1, -0.05) is 123 Å². The Bertz CT molecular complexity index is 2430. The van der Waals surface area contributed by atoms with Gasteiger partial charge in [-0.2, -0.15) is 0 Å². The predicted molar refractivity (Wildman–Crippen MR) is 186 cm³/mol. The third-order valence-corrected chi connectivity index (χ3v) is 9.68. The molecule has 0 spiro atoms. The molecule has 0 atom stereocenters. The zero-order valence-corrected chi connectivity index (χ0v) is 25.1. The molecule has 0 aliphatic heterocycles. The fourth-order valence-electron chi connectivity index (χ4n) is 7.62. The quantitative estimate of drug-likeness (QED) is 0.212. The lowest BCUT2D eigenvalue weighted by Crippen LogP contribution is -2.17. The Kier molecular flexibility index (Phi) is 5.20. The van der Waals surface area contributed by atoms with Gasteiger partial charge in [0.05, 0.1) is 11.4 Å². The summed E-state index contributed by atoms with van der Waals surface area (Å²) in [5, 5.41) is 7.37. The van der Waals surface area contributed by atoms with E-state index < -0.39 is 0 Å². The van der Waals surface area contributed by atoms with Crippen molar-refractivity contribution < 1.29 is 4.42 Å². The molecule has 1 aliphatic rings. The average molecular weight is 566 g/mol. The fourth-order valence-corrected chi connectivity index (χ4v) is 7.62. The van der Waals surface area contributed by atoms with Gasteiger partial charge in [0.2, 0.25) is 0 Å². The molecule has 0 saturated carbocycles. The second-order valence-corrected chi connectivity index (χ2v) is 12.6. The minimum absolute atomic E-state index is 0.186. The third kappa shape index (κ3) is 3.43. The lowest BCUT2D eigenvalue weighted by molar-refractivity contribution is 0.666. The summed E-state index contributed by atoms with van der Waals surface area (Å²) < 4.78 is 6.63. The fraction of sp³-hybridized carbons (Fsp3) is 0.0952. The average Bonchev–Trinajstić information content (AvgIpc) is 3.55. The second kappa shape index (κ2) is 9.08. The Balaban J connectivity index is 1.39. The molecule has 9 rings (SSSR count). The van der Waals surface area contributed by atoms with Crippen molar-refractivity contribution in [2.24, 2.45) is 0 Å². The molecule has 7 aromatic carbocycles. The Morgan fingerprint density at radius 1 is 0.568 bits per heavy atom. The van der Waals surface area contributed by atoms with Crippen molar-refractivity contribution in [2.75, 3.05) is 4.90 Å². The number of nitrogens with zero attached hydrogens (tertiary/aromatic N) is 1. The number of anilines is 3. The highest BCUT2D eigenvalue weighted by atomic mass is 16.3. The Morgan fingerprint density at radius 2 is 1.25 bits per heavy atom. The molecule has 1 aromatic heterocycles. The largest absolute Gasteiger partial charge is 0.454 e. The van der Waals surface area contributed by atoms with Crippen LogP contribution in [-0.4, -0.2) is 0 Å². The Morgan fingerprint density at radius 3 is 2.07 bits per heavy atom. The summed E-state index contributed by atoms with van der Waals surface area (Å²) in [6.45, 7) is 6.92. The van der Waals surface area contributed by atoms with Crippen LogP contribution in [0.2, 0.25) is 0 Å². The highest BCUT2D eigenvalue weighted by molar-refractivity contribution is 6.15. The van der Waals surface area contributed by atoms with Gasteiger partial charge in [0.25, 0.3) is 0 Å². The van der Waals surface area contributed by atoms with E-state index in [9.17, 15) is 0 Å². The second-order valence-electron chi connectivity index (χ2n) is 12.6. The van der Waals surface area contributed by atoms with E-state index in [2.05, 4.69) is 153 Å². The smallest absolute Gasteiger partial charge is 0.159 e. The van der Waals surface area contributed by atoms with Crippen LogP contribution in [0.4, 0.5) is 17.1 Å². The van der Waals surface area contributed by atoms with Crippen LogP contribution in [0.5, 0.6) is 0 Å². The van der Waals surface area contributed by atoms with Crippen molar-refractivity contribution in [2.45, 2.75) is 26.2 Å². The lowest BCUT2D eigenvalue weighted by atomic mass is 9.79. The van der Waals surface area contributed by atoms with Crippen LogP contribution >= 0.6 is 0 Å². The maximum atomic E-state index is 6.63. The molecule has 0 N–H and O–H groups in total. The van der Waals surface area contributed by atoms with E-state index in [0.717, 1.165) is 39.0 Å². The van der Waals surface area contributed by atoms with E-state index >= 15 is 0 Å². The summed E-state index contributed by atoms with van der Waals surface area (Å²) in [5.74, 6) is 0. The molecule has 8 aromatic rings. The van der Waals surface area contributed by atoms with Crippen LogP contribution in [0.3, 0.4) is 0 Å².